The summed E-state index contributed by atoms with van der Waals surface area (Å²) in [4.78, 5) is 32.2. The molecule has 1 atom stereocenters. The van der Waals surface area contributed by atoms with Gasteiger partial charge in [0, 0.05) is 51.0 Å². The van der Waals surface area contributed by atoms with Crippen LogP contribution in [-0.2, 0) is 11.2 Å². The van der Waals surface area contributed by atoms with Gasteiger partial charge in [-0.2, -0.15) is 0 Å². The molecule has 9 nitrogen and oxygen atoms in total. The number of nitrogen functional groups attached to an aromatic ring is 1. The number of fused-ring (bicyclic) bond motifs is 3. The lowest BCUT2D eigenvalue weighted by molar-refractivity contribution is -0.128. The summed E-state index contributed by atoms with van der Waals surface area (Å²) in [6, 6.07) is 19.5. The lowest BCUT2D eigenvalue weighted by Gasteiger charge is -2.24. The van der Waals surface area contributed by atoms with Crippen molar-refractivity contribution in [2.75, 3.05) is 26.4 Å². The number of para-hydroxylation sites is 1. The number of nitrogens with one attached hydrogen (secondary N) is 2. The van der Waals surface area contributed by atoms with Crippen LogP contribution in [0.5, 0.6) is 0 Å². The number of amides is 1. The molecule has 9 heteroatoms. The molecule has 7 rings (SSSR count). The molecule has 3 aromatic heterocycles. The number of aromatic amines is 1. The second-order valence-electron chi connectivity index (χ2n) is 13.5. The van der Waals surface area contributed by atoms with Crippen LogP contribution >= 0.6 is 0 Å². The van der Waals surface area contributed by atoms with E-state index in [-0.39, 0.29) is 11.8 Å². The zero-order chi connectivity index (χ0) is 33.5. The minimum atomic E-state index is 0.144. The van der Waals surface area contributed by atoms with Crippen molar-refractivity contribution in [1.29, 1.82) is 0 Å². The lowest BCUT2D eigenvalue weighted by atomic mass is 9.93. The van der Waals surface area contributed by atoms with Gasteiger partial charge in [0.25, 0.3) is 0 Å². The molecule has 0 saturated heterocycles. The van der Waals surface area contributed by atoms with Crippen LogP contribution in [0.25, 0.3) is 44.2 Å². The van der Waals surface area contributed by atoms with Crippen molar-refractivity contribution < 1.29 is 4.79 Å². The minimum Gasteiger partial charge on any atom is -0.382 e. The molecule has 0 fully saturated rings. The molecule has 48 heavy (non-hydrogen) atoms. The zero-order valence-corrected chi connectivity index (χ0v) is 28.5. The Kier molecular flexibility index (Phi) is 8.47. The highest BCUT2D eigenvalue weighted by molar-refractivity contribution is 6.02. The Morgan fingerprint density at radius 3 is 2.62 bits per heavy atom. The molecule has 4 N–H and O–H groups in total. The molecule has 1 amide bonds. The van der Waals surface area contributed by atoms with E-state index in [1.54, 1.807) is 19.0 Å². The maximum Gasteiger partial charge on any atom is 0.223 e. The highest BCUT2D eigenvalue weighted by Crippen LogP contribution is 2.39. The Morgan fingerprint density at radius 1 is 1.08 bits per heavy atom. The third-order valence-corrected chi connectivity index (χ3v) is 9.63. The van der Waals surface area contributed by atoms with E-state index in [1.165, 1.54) is 22.1 Å². The zero-order valence-electron chi connectivity index (χ0n) is 28.5. The van der Waals surface area contributed by atoms with E-state index in [2.05, 4.69) is 96.1 Å². The Morgan fingerprint density at radius 2 is 1.90 bits per heavy atom. The van der Waals surface area contributed by atoms with Crippen LogP contribution in [0, 0.1) is 6.92 Å². The number of aryl methyl sites for hydroxylation is 1. The van der Waals surface area contributed by atoms with E-state index >= 15 is 0 Å². The van der Waals surface area contributed by atoms with Gasteiger partial charge < -0.3 is 20.9 Å². The molecule has 3 aromatic carbocycles. The van der Waals surface area contributed by atoms with Crippen molar-refractivity contribution in [3.8, 4) is 11.3 Å². The minimum absolute atomic E-state index is 0.144. The molecule has 1 unspecified atom stereocenters. The van der Waals surface area contributed by atoms with Gasteiger partial charge in [0.15, 0.2) is 0 Å². The summed E-state index contributed by atoms with van der Waals surface area (Å²) >= 11 is 0. The van der Waals surface area contributed by atoms with Gasteiger partial charge in [-0.25, -0.2) is 15.0 Å². The van der Waals surface area contributed by atoms with Crippen LogP contribution in [0.15, 0.2) is 66.9 Å². The van der Waals surface area contributed by atoms with Gasteiger partial charge in [-0.05, 0) is 59.7 Å². The van der Waals surface area contributed by atoms with E-state index < -0.39 is 0 Å². The second kappa shape index (κ2) is 12.9. The summed E-state index contributed by atoms with van der Waals surface area (Å²) in [7, 11) is 3.60. The standard InChI is InChI=1S/C39H44N8O/c1-23(2)39-45-36(37-38(40)42-22-32(47(37)39)25-13-16-27(17-14-25)41-20-19-34(48)46(4)5)30-18-15-26(28-10-6-7-11-29(28)30)21-33-43-31-12-8-9-24(3)35(31)44-33/h6-13,15,18,22-23,27,41H,14,16-17,19-21H2,1-5H3,(H2,40,42)(H,43,44). The lowest BCUT2D eigenvalue weighted by Crippen LogP contribution is -2.34. The van der Waals surface area contributed by atoms with Crippen molar-refractivity contribution >= 4 is 44.6 Å². The quantitative estimate of drug-likeness (QED) is 0.156. The first-order valence-corrected chi connectivity index (χ1v) is 16.9. The van der Waals surface area contributed by atoms with Gasteiger partial charge >= 0.3 is 0 Å². The number of carbonyl (C=O) groups excluding carboxylic acids is 1. The number of rotatable bonds is 9. The van der Waals surface area contributed by atoms with Crippen LogP contribution in [0.1, 0.15) is 73.9 Å². The number of aromatic nitrogens is 5. The van der Waals surface area contributed by atoms with Crippen molar-refractivity contribution in [2.24, 2.45) is 0 Å². The second-order valence-corrected chi connectivity index (χ2v) is 13.5. The summed E-state index contributed by atoms with van der Waals surface area (Å²) in [5, 5.41) is 5.87. The number of imidazole rings is 2. The summed E-state index contributed by atoms with van der Waals surface area (Å²) < 4.78 is 2.25. The number of nitrogens with two attached hydrogens (primary N) is 1. The molecule has 1 aliphatic carbocycles. The van der Waals surface area contributed by atoms with Gasteiger partial charge in [0.2, 0.25) is 5.91 Å². The summed E-state index contributed by atoms with van der Waals surface area (Å²) in [5.41, 5.74) is 16.2. The Labute approximate surface area is 281 Å². The summed E-state index contributed by atoms with van der Waals surface area (Å²) in [6.07, 6.45) is 8.22. The highest BCUT2D eigenvalue weighted by Gasteiger charge is 2.25. The molecular formula is C39H44N8O. The average molecular weight is 641 g/mol. The van der Waals surface area contributed by atoms with E-state index in [9.17, 15) is 4.79 Å². The average Bonchev–Trinajstić information content (AvgIpc) is 3.69. The fraction of sp³-hybridized carbons (Fsp3) is 0.333. The molecule has 0 spiro atoms. The maximum atomic E-state index is 12.0. The van der Waals surface area contributed by atoms with Crippen molar-refractivity contribution in [1.82, 2.24) is 34.6 Å². The third kappa shape index (κ3) is 5.83. The molecular weight excluding hydrogens is 596 g/mol. The molecule has 3 heterocycles. The predicted molar refractivity (Wildman–Crippen MR) is 195 cm³/mol. The van der Waals surface area contributed by atoms with Gasteiger partial charge in [-0.15, -0.1) is 0 Å². The van der Waals surface area contributed by atoms with Gasteiger partial charge in [0.05, 0.1) is 22.9 Å². The normalized spacial score (nSPS) is 15.1. The molecule has 0 radical (unpaired) electrons. The van der Waals surface area contributed by atoms with Crippen LogP contribution < -0.4 is 11.1 Å². The van der Waals surface area contributed by atoms with Gasteiger partial charge in [-0.1, -0.05) is 68.5 Å². The van der Waals surface area contributed by atoms with Crippen molar-refractivity contribution in [3.05, 3.63) is 95.3 Å². The number of hydrogen-bond acceptors (Lipinski definition) is 6. The molecule has 1 aliphatic rings. The van der Waals surface area contributed by atoms with E-state index in [0.717, 1.165) is 69.8 Å². The van der Waals surface area contributed by atoms with Gasteiger partial charge in [-0.3, -0.25) is 9.20 Å². The monoisotopic (exact) mass is 640 g/mol. The van der Waals surface area contributed by atoms with E-state index in [0.29, 0.717) is 31.2 Å². The van der Waals surface area contributed by atoms with Crippen LogP contribution in [0.4, 0.5) is 5.82 Å². The molecule has 0 bridgehead atoms. The first-order chi connectivity index (χ1) is 23.2. The number of allylic oxidation sites excluding steroid dienone is 1. The number of anilines is 1. The maximum absolute atomic E-state index is 12.0. The Balaban J connectivity index is 1.26. The van der Waals surface area contributed by atoms with Crippen LogP contribution in [-0.4, -0.2) is 61.8 Å². The topological polar surface area (TPSA) is 117 Å². The molecule has 246 valence electrons. The SMILES string of the molecule is Cc1cccc2[nH]c(Cc3ccc(-c4nc(C(C)C)n5c(C6=CCC(NCCC(=O)N(C)C)CC6)cnc(N)c45)c4ccccc34)nc12. The number of benzene rings is 3. The fourth-order valence-corrected chi connectivity index (χ4v) is 7.04. The molecule has 0 saturated carbocycles. The third-order valence-electron chi connectivity index (χ3n) is 9.63. The number of carbonyl (C=O) groups is 1. The first kappa shape index (κ1) is 31.6. The van der Waals surface area contributed by atoms with Crippen LogP contribution in [0.2, 0.25) is 0 Å². The number of nitrogens with zero attached hydrogens (tertiary/aromatic N) is 5. The van der Waals surface area contributed by atoms with E-state index in [4.69, 9.17) is 20.7 Å². The summed E-state index contributed by atoms with van der Waals surface area (Å²) in [5.74, 6) is 2.70. The highest BCUT2D eigenvalue weighted by atomic mass is 16.2. The smallest absolute Gasteiger partial charge is 0.223 e. The Bertz CT molecular complexity index is 2190. The Hall–Kier alpha value is -5.02. The van der Waals surface area contributed by atoms with Gasteiger partial charge in [0.1, 0.15) is 28.7 Å². The number of hydrogen-bond donors (Lipinski definition) is 3. The molecule has 6 aromatic rings. The molecule has 0 aliphatic heterocycles. The summed E-state index contributed by atoms with van der Waals surface area (Å²) in [6.45, 7) is 7.14. The first-order valence-electron chi connectivity index (χ1n) is 16.9. The van der Waals surface area contributed by atoms with E-state index in [1.807, 2.05) is 6.20 Å². The largest absolute Gasteiger partial charge is 0.382 e. The van der Waals surface area contributed by atoms with Crippen LogP contribution in [0.3, 0.4) is 0 Å². The van der Waals surface area contributed by atoms with Crippen molar-refractivity contribution in [2.45, 2.75) is 64.8 Å². The number of H-pyrrole nitrogens is 1. The predicted octanol–water partition coefficient (Wildman–Crippen LogP) is 7.03. The fourth-order valence-electron chi connectivity index (χ4n) is 7.04. The van der Waals surface area contributed by atoms with Crippen molar-refractivity contribution in [3.63, 3.8) is 0 Å².